The summed E-state index contributed by atoms with van der Waals surface area (Å²) in [5, 5.41) is 8.57. The fraction of sp³-hybridized carbons (Fsp3) is 0.500. The Morgan fingerprint density at radius 1 is 1.19 bits per heavy atom. The van der Waals surface area contributed by atoms with Gasteiger partial charge in [-0.05, 0) is 56.2 Å². The van der Waals surface area contributed by atoms with Crippen molar-refractivity contribution in [1.29, 1.82) is 0 Å². The summed E-state index contributed by atoms with van der Waals surface area (Å²) in [4.78, 5) is 0. The van der Waals surface area contributed by atoms with Gasteiger partial charge in [0.05, 0.1) is 11.4 Å². The van der Waals surface area contributed by atoms with Crippen molar-refractivity contribution < 1.29 is 0 Å². The molecular weight excluding hydrogens is 258 g/mol. The minimum atomic E-state index is 0.463. The molecule has 1 N–H and O–H groups in total. The third-order valence-corrected chi connectivity index (χ3v) is 4.30. The molecule has 0 atom stereocenters. The Hall–Kier alpha value is -1.77. The zero-order valence-electron chi connectivity index (χ0n) is 13.5. The van der Waals surface area contributed by atoms with Crippen LogP contribution in [0.1, 0.15) is 55.0 Å². The molecule has 3 rings (SSSR count). The number of rotatable bonds is 2. The molecule has 3 nitrogen and oxygen atoms in total. The van der Waals surface area contributed by atoms with Crippen molar-refractivity contribution in [2.75, 3.05) is 11.9 Å². The summed E-state index contributed by atoms with van der Waals surface area (Å²) in [5.74, 6) is 1.68. The highest BCUT2D eigenvalue weighted by Crippen LogP contribution is 2.32. The molecule has 0 fully saturated rings. The minimum Gasteiger partial charge on any atom is -0.370 e. The average Bonchev–Trinajstić information content (AvgIpc) is 2.64. The summed E-state index contributed by atoms with van der Waals surface area (Å²) in [5.41, 5.74) is 6.42. The Bertz CT molecular complexity index is 653. The summed E-state index contributed by atoms with van der Waals surface area (Å²) in [6.45, 7) is 9.82. The van der Waals surface area contributed by atoms with Crippen LogP contribution in [0.25, 0.3) is 5.69 Å². The molecule has 0 amide bonds. The highest BCUT2D eigenvalue weighted by molar-refractivity contribution is 5.57. The molecule has 0 aliphatic carbocycles. The molecule has 3 heteroatoms. The standard InChI is InChI=1S/C18H25N3/c1-12(2)17-15-7-5-6-10-19-18(15)21(20-17)16-11-13(3)8-9-14(16)4/h8-9,11-12,19H,5-7,10H2,1-4H3. The van der Waals surface area contributed by atoms with Crippen molar-refractivity contribution in [2.45, 2.75) is 52.9 Å². The molecule has 2 aromatic rings. The van der Waals surface area contributed by atoms with Crippen LogP contribution in [-0.2, 0) is 6.42 Å². The van der Waals surface area contributed by atoms with E-state index in [1.165, 1.54) is 46.7 Å². The van der Waals surface area contributed by atoms with Crippen LogP contribution >= 0.6 is 0 Å². The predicted octanol–water partition coefficient (Wildman–Crippen LogP) is 4.36. The first kappa shape index (κ1) is 14.2. The van der Waals surface area contributed by atoms with Gasteiger partial charge in [-0.2, -0.15) is 5.10 Å². The van der Waals surface area contributed by atoms with Gasteiger partial charge < -0.3 is 5.32 Å². The van der Waals surface area contributed by atoms with Crippen molar-refractivity contribution in [1.82, 2.24) is 9.78 Å². The maximum Gasteiger partial charge on any atom is 0.133 e. The van der Waals surface area contributed by atoms with Crippen molar-refractivity contribution >= 4 is 5.82 Å². The number of nitrogens with zero attached hydrogens (tertiary/aromatic N) is 2. The van der Waals surface area contributed by atoms with E-state index in [0.29, 0.717) is 5.92 Å². The molecule has 0 radical (unpaired) electrons. The lowest BCUT2D eigenvalue weighted by molar-refractivity contribution is 0.730. The highest BCUT2D eigenvalue weighted by atomic mass is 15.3. The molecule has 0 saturated carbocycles. The minimum absolute atomic E-state index is 0.463. The number of aromatic nitrogens is 2. The molecule has 21 heavy (non-hydrogen) atoms. The van der Waals surface area contributed by atoms with Crippen LogP contribution in [-0.4, -0.2) is 16.3 Å². The number of hydrogen-bond donors (Lipinski definition) is 1. The average molecular weight is 283 g/mol. The third kappa shape index (κ3) is 2.57. The van der Waals surface area contributed by atoms with Gasteiger partial charge in [-0.25, -0.2) is 4.68 Å². The lowest BCUT2D eigenvalue weighted by Gasteiger charge is -2.12. The van der Waals surface area contributed by atoms with E-state index in [2.05, 4.69) is 55.9 Å². The van der Waals surface area contributed by atoms with Crippen LogP contribution in [0.2, 0.25) is 0 Å². The van der Waals surface area contributed by atoms with Crippen LogP contribution in [0, 0.1) is 13.8 Å². The smallest absolute Gasteiger partial charge is 0.133 e. The van der Waals surface area contributed by atoms with E-state index >= 15 is 0 Å². The second kappa shape index (κ2) is 5.55. The van der Waals surface area contributed by atoms with E-state index < -0.39 is 0 Å². The van der Waals surface area contributed by atoms with Gasteiger partial charge in [0.25, 0.3) is 0 Å². The predicted molar refractivity (Wildman–Crippen MR) is 88.6 cm³/mol. The largest absolute Gasteiger partial charge is 0.370 e. The van der Waals surface area contributed by atoms with Gasteiger partial charge in [0.2, 0.25) is 0 Å². The zero-order chi connectivity index (χ0) is 15.0. The first-order chi connectivity index (χ1) is 10.1. The summed E-state index contributed by atoms with van der Waals surface area (Å²) < 4.78 is 2.14. The molecule has 0 saturated heterocycles. The van der Waals surface area contributed by atoms with Gasteiger partial charge in [-0.15, -0.1) is 0 Å². The first-order valence-corrected chi connectivity index (χ1v) is 8.01. The normalized spacial score (nSPS) is 14.7. The summed E-state index contributed by atoms with van der Waals surface area (Å²) in [6, 6.07) is 6.58. The molecule has 1 aliphatic heterocycles. The van der Waals surface area contributed by atoms with E-state index in [-0.39, 0.29) is 0 Å². The fourth-order valence-electron chi connectivity index (χ4n) is 3.11. The lowest BCUT2D eigenvalue weighted by atomic mass is 10.0. The van der Waals surface area contributed by atoms with E-state index in [1.807, 2.05) is 0 Å². The number of aryl methyl sites for hydroxylation is 2. The van der Waals surface area contributed by atoms with Crippen LogP contribution in [0.5, 0.6) is 0 Å². The Balaban J connectivity index is 2.20. The summed E-state index contributed by atoms with van der Waals surface area (Å²) in [6.07, 6.45) is 3.62. The Morgan fingerprint density at radius 3 is 2.76 bits per heavy atom. The topological polar surface area (TPSA) is 29.9 Å². The fourth-order valence-corrected chi connectivity index (χ4v) is 3.11. The van der Waals surface area contributed by atoms with Crippen LogP contribution in [0.3, 0.4) is 0 Å². The monoisotopic (exact) mass is 283 g/mol. The van der Waals surface area contributed by atoms with Crippen molar-refractivity contribution in [3.8, 4) is 5.69 Å². The Kier molecular flexibility index (Phi) is 3.75. The number of anilines is 1. The van der Waals surface area contributed by atoms with Gasteiger partial charge in [-0.1, -0.05) is 26.0 Å². The molecule has 1 aliphatic rings. The van der Waals surface area contributed by atoms with Crippen molar-refractivity contribution in [3.05, 3.63) is 40.6 Å². The van der Waals surface area contributed by atoms with Gasteiger partial charge in [0, 0.05) is 12.1 Å². The second-order valence-electron chi connectivity index (χ2n) is 6.45. The quantitative estimate of drug-likeness (QED) is 0.887. The van der Waals surface area contributed by atoms with E-state index in [4.69, 9.17) is 5.10 Å². The number of nitrogens with one attached hydrogen (secondary N) is 1. The van der Waals surface area contributed by atoms with Gasteiger partial charge >= 0.3 is 0 Å². The molecule has 0 unspecified atom stereocenters. The third-order valence-electron chi connectivity index (χ3n) is 4.30. The highest BCUT2D eigenvalue weighted by Gasteiger charge is 2.22. The Labute approximate surface area is 127 Å². The van der Waals surface area contributed by atoms with Crippen LogP contribution in [0.4, 0.5) is 5.82 Å². The number of fused-ring (bicyclic) bond motifs is 1. The summed E-state index contributed by atoms with van der Waals surface area (Å²) >= 11 is 0. The SMILES string of the molecule is Cc1ccc(C)c(-n2nc(C(C)C)c3c2NCCCC3)c1. The molecule has 0 spiro atoms. The molecular formula is C18H25N3. The zero-order valence-corrected chi connectivity index (χ0v) is 13.5. The van der Waals surface area contributed by atoms with Crippen LogP contribution in [0.15, 0.2) is 18.2 Å². The van der Waals surface area contributed by atoms with Crippen LogP contribution < -0.4 is 5.32 Å². The number of hydrogen-bond acceptors (Lipinski definition) is 2. The van der Waals surface area contributed by atoms with Gasteiger partial charge in [0.15, 0.2) is 0 Å². The van der Waals surface area contributed by atoms with Crippen molar-refractivity contribution in [3.63, 3.8) is 0 Å². The summed E-state index contributed by atoms with van der Waals surface area (Å²) in [7, 11) is 0. The maximum atomic E-state index is 4.96. The molecule has 1 aromatic heterocycles. The van der Waals surface area contributed by atoms with Gasteiger partial charge in [-0.3, -0.25) is 0 Å². The molecule has 1 aromatic carbocycles. The van der Waals surface area contributed by atoms with E-state index in [0.717, 1.165) is 13.0 Å². The molecule has 2 heterocycles. The first-order valence-electron chi connectivity index (χ1n) is 8.01. The Morgan fingerprint density at radius 2 is 2.00 bits per heavy atom. The second-order valence-corrected chi connectivity index (χ2v) is 6.45. The molecule has 0 bridgehead atoms. The van der Waals surface area contributed by atoms with E-state index in [9.17, 15) is 0 Å². The van der Waals surface area contributed by atoms with Crippen molar-refractivity contribution in [2.24, 2.45) is 0 Å². The number of benzene rings is 1. The van der Waals surface area contributed by atoms with Gasteiger partial charge in [0.1, 0.15) is 5.82 Å². The molecule has 112 valence electrons. The van der Waals surface area contributed by atoms with E-state index in [1.54, 1.807) is 0 Å². The lowest BCUT2D eigenvalue weighted by Crippen LogP contribution is -2.08. The maximum absolute atomic E-state index is 4.96.